The summed E-state index contributed by atoms with van der Waals surface area (Å²) in [5, 5.41) is 3.69. The zero-order valence-corrected chi connectivity index (χ0v) is 16.7. The van der Waals surface area contributed by atoms with Crippen molar-refractivity contribution >= 4 is 23.2 Å². The van der Waals surface area contributed by atoms with Gasteiger partial charge in [-0.3, -0.25) is 4.79 Å². The molecular weight excluding hydrogens is 358 g/mol. The molecule has 2 aromatic rings. The first-order valence-corrected chi connectivity index (χ1v) is 10.0. The molecule has 0 atom stereocenters. The van der Waals surface area contributed by atoms with E-state index in [9.17, 15) is 4.79 Å². The first kappa shape index (κ1) is 19.7. The van der Waals surface area contributed by atoms with Gasteiger partial charge in [0.25, 0.3) is 0 Å². The number of carbonyl (C=O) groups is 1. The van der Waals surface area contributed by atoms with Gasteiger partial charge in [0.05, 0.1) is 6.42 Å². The Kier molecular flexibility index (Phi) is 7.13. The third-order valence-electron chi connectivity index (χ3n) is 5.05. The van der Waals surface area contributed by atoms with Crippen LogP contribution in [0.1, 0.15) is 17.5 Å². The largest absolute Gasteiger partial charge is 0.369 e. The van der Waals surface area contributed by atoms with Crippen LogP contribution in [0.15, 0.2) is 48.5 Å². The average Bonchev–Trinajstić information content (AvgIpc) is 2.68. The third kappa shape index (κ3) is 6.26. The van der Waals surface area contributed by atoms with Gasteiger partial charge in [0.15, 0.2) is 0 Å². The summed E-state index contributed by atoms with van der Waals surface area (Å²) in [4.78, 5) is 16.8. The highest BCUT2D eigenvalue weighted by molar-refractivity contribution is 6.30. The summed E-state index contributed by atoms with van der Waals surface area (Å²) in [6.07, 6.45) is 2.32. The van der Waals surface area contributed by atoms with Gasteiger partial charge in [0.2, 0.25) is 5.91 Å². The van der Waals surface area contributed by atoms with Crippen LogP contribution in [0, 0.1) is 0 Å². The lowest BCUT2D eigenvalue weighted by Crippen LogP contribution is -2.44. The summed E-state index contributed by atoms with van der Waals surface area (Å²) in [6, 6.07) is 16.3. The van der Waals surface area contributed by atoms with Gasteiger partial charge < -0.3 is 15.1 Å². The minimum absolute atomic E-state index is 0.0581. The fraction of sp³-hybridized carbons (Fsp3) is 0.409. The molecule has 5 heteroatoms. The summed E-state index contributed by atoms with van der Waals surface area (Å²) in [5.41, 5.74) is 3.61. The Hall–Kier alpha value is -2.04. The quantitative estimate of drug-likeness (QED) is 0.742. The van der Waals surface area contributed by atoms with Crippen molar-refractivity contribution in [2.24, 2.45) is 0 Å². The summed E-state index contributed by atoms with van der Waals surface area (Å²) in [7, 11) is 2.18. The van der Waals surface area contributed by atoms with Crippen molar-refractivity contribution in [1.82, 2.24) is 10.2 Å². The van der Waals surface area contributed by atoms with Crippen molar-refractivity contribution in [3.8, 4) is 0 Å². The topological polar surface area (TPSA) is 35.6 Å². The van der Waals surface area contributed by atoms with E-state index in [2.05, 4.69) is 46.4 Å². The highest BCUT2D eigenvalue weighted by Crippen LogP contribution is 2.17. The Balaban J connectivity index is 1.36. The summed E-state index contributed by atoms with van der Waals surface area (Å²) < 4.78 is 0. The molecule has 0 aromatic heterocycles. The standard InChI is InChI=1S/C22H28ClN3O/c1-25-13-15-26(16-14-25)21-10-6-18(7-11-21)3-2-12-24-22(27)17-19-4-8-20(23)9-5-19/h4-11H,2-3,12-17H2,1H3,(H,24,27). The zero-order chi connectivity index (χ0) is 19.1. The average molecular weight is 386 g/mol. The Morgan fingerprint density at radius 2 is 1.59 bits per heavy atom. The predicted octanol–water partition coefficient (Wildman–Crippen LogP) is 3.38. The molecule has 0 spiro atoms. The van der Waals surface area contributed by atoms with Crippen molar-refractivity contribution in [3.63, 3.8) is 0 Å². The molecule has 0 radical (unpaired) electrons. The van der Waals surface area contributed by atoms with E-state index in [0.717, 1.165) is 44.6 Å². The number of carbonyl (C=O) groups excluding carboxylic acids is 1. The molecule has 4 nitrogen and oxygen atoms in total. The molecule has 1 saturated heterocycles. The highest BCUT2D eigenvalue weighted by Gasteiger charge is 2.13. The van der Waals surface area contributed by atoms with E-state index in [4.69, 9.17) is 11.6 Å². The molecular formula is C22H28ClN3O. The summed E-state index contributed by atoms with van der Waals surface area (Å²) in [5.74, 6) is 0.0581. The Morgan fingerprint density at radius 3 is 2.26 bits per heavy atom. The number of piperazine rings is 1. The number of nitrogens with one attached hydrogen (secondary N) is 1. The molecule has 1 heterocycles. The number of likely N-dealkylation sites (N-methyl/N-ethyl adjacent to an activating group) is 1. The second-order valence-corrected chi connectivity index (χ2v) is 7.65. The maximum absolute atomic E-state index is 12.0. The van der Waals surface area contributed by atoms with Gasteiger partial charge in [-0.05, 0) is 55.3 Å². The van der Waals surface area contributed by atoms with Crippen LogP contribution in [0.5, 0.6) is 0 Å². The van der Waals surface area contributed by atoms with Crippen molar-refractivity contribution in [2.75, 3.05) is 44.7 Å². The van der Waals surface area contributed by atoms with Crippen LogP contribution in [0.2, 0.25) is 5.02 Å². The number of nitrogens with zero attached hydrogens (tertiary/aromatic N) is 2. The molecule has 1 aliphatic heterocycles. The van der Waals surface area contributed by atoms with E-state index in [1.54, 1.807) is 0 Å². The van der Waals surface area contributed by atoms with E-state index in [-0.39, 0.29) is 5.91 Å². The fourth-order valence-corrected chi connectivity index (χ4v) is 3.43. The minimum atomic E-state index is 0.0581. The molecule has 0 unspecified atom stereocenters. The fourth-order valence-electron chi connectivity index (χ4n) is 3.31. The van der Waals surface area contributed by atoms with Crippen LogP contribution in [0.4, 0.5) is 5.69 Å². The first-order chi connectivity index (χ1) is 13.1. The van der Waals surface area contributed by atoms with Gasteiger partial charge in [-0.1, -0.05) is 35.9 Å². The van der Waals surface area contributed by atoms with Crippen LogP contribution in [-0.4, -0.2) is 50.6 Å². The van der Waals surface area contributed by atoms with Crippen LogP contribution in [0.25, 0.3) is 0 Å². The molecule has 1 aliphatic rings. The van der Waals surface area contributed by atoms with Gasteiger partial charge in [-0.2, -0.15) is 0 Å². The molecule has 1 fully saturated rings. The molecule has 0 saturated carbocycles. The van der Waals surface area contributed by atoms with E-state index in [1.807, 2.05) is 24.3 Å². The molecule has 144 valence electrons. The number of anilines is 1. The monoisotopic (exact) mass is 385 g/mol. The molecule has 0 aliphatic carbocycles. The lowest BCUT2D eigenvalue weighted by Gasteiger charge is -2.34. The zero-order valence-electron chi connectivity index (χ0n) is 16.0. The SMILES string of the molecule is CN1CCN(c2ccc(CCCNC(=O)Cc3ccc(Cl)cc3)cc2)CC1. The van der Waals surface area contributed by atoms with Crippen LogP contribution < -0.4 is 10.2 Å². The predicted molar refractivity (Wildman–Crippen MR) is 113 cm³/mol. The van der Waals surface area contributed by atoms with E-state index in [1.165, 1.54) is 11.3 Å². The third-order valence-corrected chi connectivity index (χ3v) is 5.30. The number of hydrogen-bond donors (Lipinski definition) is 1. The maximum atomic E-state index is 12.0. The number of amides is 1. The molecule has 1 N–H and O–H groups in total. The molecule has 3 rings (SSSR count). The lowest BCUT2D eigenvalue weighted by atomic mass is 10.1. The molecule has 1 amide bonds. The van der Waals surface area contributed by atoms with E-state index in [0.29, 0.717) is 18.0 Å². The van der Waals surface area contributed by atoms with Crippen molar-refractivity contribution in [2.45, 2.75) is 19.3 Å². The Morgan fingerprint density at radius 1 is 0.963 bits per heavy atom. The van der Waals surface area contributed by atoms with Crippen LogP contribution in [0.3, 0.4) is 0 Å². The molecule has 2 aromatic carbocycles. The van der Waals surface area contributed by atoms with Crippen LogP contribution in [-0.2, 0) is 17.6 Å². The van der Waals surface area contributed by atoms with Crippen molar-refractivity contribution in [3.05, 3.63) is 64.7 Å². The van der Waals surface area contributed by atoms with Crippen molar-refractivity contribution < 1.29 is 4.79 Å². The van der Waals surface area contributed by atoms with Gasteiger partial charge in [-0.25, -0.2) is 0 Å². The number of aryl methyl sites for hydroxylation is 1. The smallest absolute Gasteiger partial charge is 0.224 e. The van der Waals surface area contributed by atoms with E-state index < -0.39 is 0 Å². The van der Waals surface area contributed by atoms with Crippen LogP contribution >= 0.6 is 11.6 Å². The second kappa shape index (κ2) is 9.77. The van der Waals surface area contributed by atoms with Gasteiger partial charge in [0.1, 0.15) is 0 Å². The van der Waals surface area contributed by atoms with E-state index >= 15 is 0 Å². The summed E-state index contributed by atoms with van der Waals surface area (Å²) in [6.45, 7) is 5.13. The van der Waals surface area contributed by atoms with Gasteiger partial charge in [0, 0.05) is 43.4 Å². The Bertz CT molecular complexity index is 722. The van der Waals surface area contributed by atoms with Gasteiger partial charge >= 0.3 is 0 Å². The number of benzene rings is 2. The molecule has 27 heavy (non-hydrogen) atoms. The normalized spacial score (nSPS) is 15.0. The first-order valence-electron chi connectivity index (χ1n) is 9.64. The lowest BCUT2D eigenvalue weighted by molar-refractivity contribution is -0.120. The number of rotatable bonds is 7. The number of halogens is 1. The summed E-state index contributed by atoms with van der Waals surface area (Å²) >= 11 is 5.86. The minimum Gasteiger partial charge on any atom is -0.369 e. The number of hydrogen-bond acceptors (Lipinski definition) is 3. The molecule has 0 bridgehead atoms. The highest BCUT2D eigenvalue weighted by atomic mass is 35.5. The maximum Gasteiger partial charge on any atom is 0.224 e. The van der Waals surface area contributed by atoms with Gasteiger partial charge in [-0.15, -0.1) is 0 Å². The van der Waals surface area contributed by atoms with Crippen molar-refractivity contribution in [1.29, 1.82) is 0 Å². The second-order valence-electron chi connectivity index (χ2n) is 7.21. The Labute approximate surface area is 167 Å².